The number of carbonyl (C=O) groups excluding carboxylic acids is 1. The maximum absolute atomic E-state index is 13.1. The van der Waals surface area contributed by atoms with Gasteiger partial charge in [0.05, 0.1) is 21.5 Å². The van der Waals surface area contributed by atoms with E-state index in [-0.39, 0.29) is 5.91 Å². The van der Waals surface area contributed by atoms with E-state index in [2.05, 4.69) is 21.0 Å². The SMILES string of the molecule is Cc1nc(C2=CCCC=N2)nc2c(C(=O)N(C)CCc3ccncc3)csc12. The Labute approximate surface area is 167 Å². The number of amides is 1. The molecule has 0 bridgehead atoms. The molecule has 1 aliphatic heterocycles. The Hall–Kier alpha value is -2.93. The molecule has 1 aliphatic rings. The van der Waals surface area contributed by atoms with Crippen molar-refractivity contribution in [3.8, 4) is 0 Å². The number of pyridine rings is 1. The number of aryl methyl sites for hydroxylation is 1. The summed E-state index contributed by atoms with van der Waals surface area (Å²) < 4.78 is 0.954. The van der Waals surface area contributed by atoms with E-state index < -0.39 is 0 Å². The van der Waals surface area contributed by atoms with Crippen LogP contribution in [0.25, 0.3) is 15.9 Å². The Balaban J connectivity index is 1.60. The number of aliphatic imine (C=N–C) groups is 1. The maximum Gasteiger partial charge on any atom is 0.256 e. The predicted molar refractivity (Wildman–Crippen MR) is 113 cm³/mol. The largest absolute Gasteiger partial charge is 0.341 e. The molecule has 4 rings (SSSR count). The van der Waals surface area contributed by atoms with E-state index in [0.717, 1.165) is 46.4 Å². The van der Waals surface area contributed by atoms with E-state index in [1.165, 1.54) is 11.3 Å². The van der Waals surface area contributed by atoms with Gasteiger partial charge in [-0.05, 0) is 43.9 Å². The molecule has 0 aliphatic carbocycles. The molecule has 0 fully saturated rings. The molecule has 7 heteroatoms. The fourth-order valence-corrected chi connectivity index (χ4v) is 4.07. The van der Waals surface area contributed by atoms with E-state index >= 15 is 0 Å². The predicted octanol–water partition coefficient (Wildman–Crippen LogP) is 3.91. The normalized spacial score (nSPS) is 13.6. The molecule has 142 valence electrons. The molecule has 0 atom stereocenters. The van der Waals surface area contributed by atoms with E-state index in [1.807, 2.05) is 37.7 Å². The van der Waals surface area contributed by atoms with Crippen LogP contribution in [0.3, 0.4) is 0 Å². The lowest BCUT2D eigenvalue weighted by atomic mass is 10.1. The van der Waals surface area contributed by atoms with Crippen molar-refractivity contribution in [2.45, 2.75) is 26.2 Å². The average Bonchev–Trinajstić information content (AvgIpc) is 3.17. The molecule has 0 radical (unpaired) electrons. The summed E-state index contributed by atoms with van der Waals surface area (Å²) in [6.07, 6.45) is 10.1. The van der Waals surface area contributed by atoms with Gasteiger partial charge < -0.3 is 4.90 Å². The van der Waals surface area contributed by atoms with E-state index in [4.69, 9.17) is 4.98 Å². The summed E-state index contributed by atoms with van der Waals surface area (Å²) in [5.74, 6) is 0.568. The molecular weight excluding hydrogens is 370 g/mol. The fourth-order valence-electron chi connectivity index (χ4n) is 3.14. The summed E-state index contributed by atoms with van der Waals surface area (Å²) in [5, 5.41) is 1.89. The average molecular weight is 392 g/mol. The maximum atomic E-state index is 13.1. The summed E-state index contributed by atoms with van der Waals surface area (Å²) >= 11 is 1.52. The number of fused-ring (bicyclic) bond motifs is 1. The third kappa shape index (κ3) is 3.71. The Morgan fingerprint density at radius 1 is 1.21 bits per heavy atom. The van der Waals surface area contributed by atoms with Crippen molar-refractivity contribution in [3.05, 3.63) is 58.6 Å². The van der Waals surface area contributed by atoms with Crippen molar-refractivity contribution >= 4 is 39.4 Å². The summed E-state index contributed by atoms with van der Waals surface area (Å²) in [5.41, 5.74) is 4.17. The summed E-state index contributed by atoms with van der Waals surface area (Å²) in [6.45, 7) is 2.59. The van der Waals surface area contributed by atoms with Crippen LogP contribution in [-0.4, -0.2) is 45.6 Å². The van der Waals surface area contributed by atoms with Gasteiger partial charge in [-0.1, -0.05) is 6.08 Å². The monoisotopic (exact) mass is 391 g/mol. The van der Waals surface area contributed by atoms with Gasteiger partial charge in [-0.2, -0.15) is 0 Å². The highest BCUT2D eigenvalue weighted by Gasteiger charge is 2.20. The van der Waals surface area contributed by atoms with Gasteiger partial charge in [0.15, 0.2) is 5.82 Å². The molecule has 28 heavy (non-hydrogen) atoms. The van der Waals surface area contributed by atoms with Gasteiger partial charge in [-0.3, -0.25) is 14.8 Å². The van der Waals surface area contributed by atoms with Gasteiger partial charge in [-0.25, -0.2) is 9.97 Å². The molecule has 0 unspecified atom stereocenters. The van der Waals surface area contributed by atoms with Crippen LogP contribution < -0.4 is 0 Å². The van der Waals surface area contributed by atoms with Gasteiger partial charge in [0.1, 0.15) is 5.70 Å². The number of aromatic nitrogens is 3. The van der Waals surface area contributed by atoms with Gasteiger partial charge >= 0.3 is 0 Å². The molecular formula is C21H21N5OS. The second-order valence-electron chi connectivity index (χ2n) is 6.77. The first-order valence-corrected chi connectivity index (χ1v) is 10.1. The Kier molecular flexibility index (Phi) is 5.25. The molecule has 3 aromatic heterocycles. The Morgan fingerprint density at radius 2 is 2.04 bits per heavy atom. The number of nitrogens with zero attached hydrogens (tertiary/aromatic N) is 5. The van der Waals surface area contributed by atoms with Crippen LogP contribution in [0.4, 0.5) is 0 Å². The van der Waals surface area contributed by atoms with Crippen molar-refractivity contribution < 1.29 is 4.79 Å². The van der Waals surface area contributed by atoms with Gasteiger partial charge in [0.25, 0.3) is 5.91 Å². The lowest BCUT2D eigenvalue weighted by molar-refractivity contribution is 0.0799. The number of allylic oxidation sites excluding steroid dienone is 1. The summed E-state index contributed by atoms with van der Waals surface area (Å²) in [6, 6.07) is 3.94. The second kappa shape index (κ2) is 7.98. The summed E-state index contributed by atoms with van der Waals surface area (Å²) in [7, 11) is 1.83. The first kappa shape index (κ1) is 18.4. The highest BCUT2D eigenvalue weighted by molar-refractivity contribution is 7.17. The van der Waals surface area contributed by atoms with E-state index in [9.17, 15) is 4.79 Å². The molecule has 3 aromatic rings. The zero-order valence-corrected chi connectivity index (χ0v) is 16.7. The molecule has 4 heterocycles. The topological polar surface area (TPSA) is 71.3 Å². The van der Waals surface area contributed by atoms with E-state index in [1.54, 1.807) is 17.3 Å². The van der Waals surface area contributed by atoms with Crippen LogP contribution in [0.2, 0.25) is 0 Å². The summed E-state index contributed by atoms with van der Waals surface area (Å²) in [4.78, 5) is 32.6. The standard InChI is InChI=1S/C21H21N5OS/c1-14-19-18(25-20(24-14)17-5-3-4-9-23-17)16(13-28-19)21(27)26(2)12-8-15-6-10-22-11-7-15/h5-7,9-11,13H,3-4,8,12H2,1-2H3. The van der Waals surface area contributed by atoms with Crippen molar-refractivity contribution in [2.75, 3.05) is 13.6 Å². The van der Waals surface area contributed by atoms with Gasteiger partial charge in [0, 0.05) is 37.6 Å². The second-order valence-corrected chi connectivity index (χ2v) is 7.65. The lowest BCUT2D eigenvalue weighted by Crippen LogP contribution is -2.28. The van der Waals surface area contributed by atoms with Crippen LogP contribution in [-0.2, 0) is 6.42 Å². The molecule has 1 amide bonds. The molecule has 0 saturated carbocycles. The zero-order valence-electron chi connectivity index (χ0n) is 15.9. The highest BCUT2D eigenvalue weighted by atomic mass is 32.1. The first-order valence-electron chi connectivity index (χ1n) is 9.27. The zero-order chi connectivity index (χ0) is 19.5. The minimum Gasteiger partial charge on any atom is -0.341 e. The molecule has 6 nitrogen and oxygen atoms in total. The smallest absolute Gasteiger partial charge is 0.256 e. The highest BCUT2D eigenvalue weighted by Crippen LogP contribution is 2.29. The Morgan fingerprint density at radius 3 is 2.79 bits per heavy atom. The number of hydrogen-bond donors (Lipinski definition) is 0. The Bertz CT molecular complexity index is 1070. The van der Waals surface area contributed by atoms with Crippen molar-refractivity contribution in [1.82, 2.24) is 19.9 Å². The van der Waals surface area contributed by atoms with Crippen molar-refractivity contribution in [1.29, 1.82) is 0 Å². The number of hydrogen-bond acceptors (Lipinski definition) is 6. The number of rotatable bonds is 5. The van der Waals surface area contributed by atoms with Crippen LogP contribution >= 0.6 is 11.3 Å². The van der Waals surface area contributed by atoms with Crippen LogP contribution in [0.15, 0.2) is 41.0 Å². The molecule has 0 N–H and O–H groups in total. The third-order valence-electron chi connectivity index (χ3n) is 4.74. The first-order chi connectivity index (χ1) is 13.6. The fraction of sp³-hybridized carbons (Fsp3) is 0.286. The van der Waals surface area contributed by atoms with E-state index in [0.29, 0.717) is 17.9 Å². The molecule has 0 saturated heterocycles. The minimum atomic E-state index is -0.0227. The van der Waals surface area contributed by atoms with Crippen LogP contribution in [0.5, 0.6) is 0 Å². The van der Waals surface area contributed by atoms with Crippen LogP contribution in [0.1, 0.15) is 40.3 Å². The number of likely N-dealkylation sites (N-methyl/N-ethyl adjacent to an activating group) is 1. The van der Waals surface area contributed by atoms with Crippen LogP contribution in [0, 0.1) is 6.92 Å². The lowest BCUT2D eigenvalue weighted by Gasteiger charge is -2.16. The number of carbonyl (C=O) groups is 1. The minimum absolute atomic E-state index is 0.0227. The van der Waals surface area contributed by atoms with Gasteiger partial charge in [0.2, 0.25) is 0 Å². The van der Waals surface area contributed by atoms with Gasteiger partial charge in [-0.15, -0.1) is 11.3 Å². The number of thiophene rings is 1. The quantitative estimate of drug-likeness (QED) is 0.661. The molecule has 0 spiro atoms. The molecule has 0 aromatic carbocycles. The third-order valence-corrected chi connectivity index (χ3v) is 5.82. The van der Waals surface area contributed by atoms with Crippen molar-refractivity contribution in [3.63, 3.8) is 0 Å². The van der Waals surface area contributed by atoms with Crippen molar-refractivity contribution in [2.24, 2.45) is 4.99 Å².